The monoisotopic (exact) mass is 447 g/mol. The van der Waals surface area contributed by atoms with E-state index in [0.29, 0.717) is 31.9 Å². The minimum Gasteiger partial charge on any atom is -0.495 e. The van der Waals surface area contributed by atoms with E-state index in [2.05, 4.69) is 10.2 Å². The number of amides is 1. The van der Waals surface area contributed by atoms with Crippen LogP contribution in [0.3, 0.4) is 0 Å². The van der Waals surface area contributed by atoms with E-state index in [0.717, 1.165) is 17.0 Å². The third-order valence-electron chi connectivity index (χ3n) is 5.19. The van der Waals surface area contributed by atoms with Crippen molar-refractivity contribution in [1.29, 1.82) is 0 Å². The van der Waals surface area contributed by atoms with Gasteiger partial charge >= 0.3 is 0 Å². The van der Waals surface area contributed by atoms with Gasteiger partial charge in [0, 0.05) is 32.7 Å². The molecular formula is C22H29N3O5S. The van der Waals surface area contributed by atoms with E-state index < -0.39 is 10.0 Å². The molecule has 2 aromatic rings. The van der Waals surface area contributed by atoms with Crippen molar-refractivity contribution in [2.45, 2.75) is 6.92 Å². The van der Waals surface area contributed by atoms with Crippen molar-refractivity contribution in [2.24, 2.45) is 0 Å². The number of ether oxygens (including phenoxy) is 2. The predicted molar refractivity (Wildman–Crippen MR) is 120 cm³/mol. The highest BCUT2D eigenvalue weighted by Gasteiger charge is 2.27. The quantitative estimate of drug-likeness (QED) is 0.629. The first-order valence-electron chi connectivity index (χ1n) is 10.2. The molecule has 0 atom stereocenters. The molecule has 0 aliphatic carbocycles. The van der Waals surface area contributed by atoms with Crippen LogP contribution < -0.4 is 19.7 Å². The fourth-order valence-corrected chi connectivity index (χ4v) is 4.80. The molecule has 0 radical (unpaired) electrons. The Bertz CT molecular complexity index is 988. The lowest BCUT2D eigenvalue weighted by Crippen LogP contribution is -2.50. The van der Waals surface area contributed by atoms with Gasteiger partial charge in [-0.25, -0.2) is 8.42 Å². The van der Waals surface area contributed by atoms with Gasteiger partial charge < -0.3 is 19.7 Å². The Balaban J connectivity index is 1.43. The third-order valence-corrected chi connectivity index (χ3v) is 7.06. The predicted octanol–water partition coefficient (Wildman–Crippen LogP) is 1.65. The van der Waals surface area contributed by atoms with Crippen LogP contribution in [0.5, 0.6) is 11.5 Å². The number of sulfonamides is 1. The van der Waals surface area contributed by atoms with E-state index in [-0.39, 0.29) is 24.8 Å². The van der Waals surface area contributed by atoms with Crippen molar-refractivity contribution >= 4 is 21.6 Å². The zero-order valence-electron chi connectivity index (χ0n) is 17.9. The van der Waals surface area contributed by atoms with Crippen molar-refractivity contribution in [1.82, 2.24) is 9.62 Å². The first kappa shape index (κ1) is 22.9. The van der Waals surface area contributed by atoms with Gasteiger partial charge in [-0.2, -0.15) is 4.31 Å². The van der Waals surface area contributed by atoms with Crippen LogP contribution in [0.25, 0.3) is 0 Å². The molecule has 0 aromatic heterocycles. The molecule has 0 saturated carbocycles. The summed E-state index contributed by atoms with van der Waals surface area (Å²) in [6.07, 6.45) is 0. The van der Waals surface area contributed by atoms with Gasteiger partial charge in [0.1, 0.15) is 11.5 Å². The van der Waals surface area contributed by atoms with Gasteiger partial charge in [0.2, 0.25) is 10.0 Å². The topological polar surface area (TPSA) is 88.2 Å². The van der Waals surface area contributed by atoms with E-state index in [1.807, 2.05) is 49.4 Å². The van der Waals surface area contributed by atoms with E-state index >= 15 is 0 Å². The minimum atomic E-state index is -3.45. The summed E-state index contributed by atoms with van der Waals surface area (Å²) in [4.78, 5) is 14.1. The molecule has 2 aromatic carbocycles. The average Bonchev–Trinajstić information content (AvgIpc) is 2.78. The second-order valence-corrected chi connectivity index (χ2v) is 9.37. The van der Waals surface area contributed by atoms with Crippen molar-refractivity contribution in [3.63, 3.8) is 0 Å². The second kappa shape index (κ2) is 10.5. The molecule has 9 heteroatoms. The molecule has 1 saturated heterocycles. The van der Waals surface area contributed by atoms with E-state index in [9.17, 15) is 13.2 Å². The number of carbonyl (C=O) groups is 1. The first-order valence-corrected chi connectivity index (χ1v) is 11.8. The van der Waals surface area contributed by atoms with Crippen LogP contribution in [0.1, 0.15) is 5.56 Å². The number of anilines is 1. The van der Waals surface area contributed by atoms with Gasteiger partial charge in [-0.1, -0.05) is 30.3 Å². The Morgan fingerprint density at radius 1 is 1.00 bits per heavy atom. The van der Waals surface area contributed by atoms with Gasteiger partial charge in [0.15, 0.2) is 6.61 Å². The Kier molecular flexibility index (Phi) is 7.75. The first-order chi connectivity index (χ1) is 14.9. The number of rotatable bonds is 9. The number of nitrogens with zero attached hydrogens (tertiary/aromatic N) is 2. The van der Waals surface area contributed by atoms with Crippen LogP contribution >= 0.6 is 0 Å². The number of methoxy groups -OCH3 is 1. The highest BCUT2D eigenvalue weighted by Crippen LogP contribution is 2.28. The number of carbonyl (C=O) groups excluding carboxylic acids is 1. The summed E-state index contributed by atoms with van der Waals surface area (Å²) < 4.78 is 37.7. The molecule has 1 N–H and O–H groups in total. The Morgan fingerprint density at radius 2 is 1.65 bits per heavy atom. The number of hydrogen-bond donors (Lipinski definition) is 1. The Hall–Kier alpha value is -2.78. The highest BCUT2D eigenvalue weighted by molar-refractivity contribution is 7.89. The number of benzene rings is 2. The van der Waals surface area contributed by atoms with Crippen LogP contribution in [0.4, 0.5) is 5.69 Å². The Labute approximate surface area is 183 Å². The lowest BCUT2D eigenvalue weighted by Gasteiger charge is -2.35. The number of para-hydroxylation sites is 3. The zero-order chi connectivity index (χ0) is 22.3. The van der Waals surface area contributed by atoms with Crippen LogP contribution in [0.2, 0.25) is 0 Å². The molecule has 1 fully saturated rings. The lowest BCUT2D eigenvalue weighted by molar-refractivity contribution is -0.122. The molecule has 3 rings (SSSR count). The fourth-order valence-electron chi connectivity index (χ4n) is 3.46. The molecule has 168 valence electrons. The van der Waals surface area contributed by atoms with Crippen molar-refractivity contribution in [2.75, 3.05) is 57.1 Å². The summed E-state index contributed by atoms with van der Waals surface area (Å²) in [5, 5.41) is 2.62. The zero-order valence-corrected chi connectivity index (χ0v) is 18.7. The van der Waals surface area contributed by atoms with Gasteiger partial charge in [0.25, 0.3) is 5.91 Å². The number of piperazine rings is 1. The summed E-state index contributed by atoms with van der Waals surface area (Å²) in [6.45, 7) is 3.74. The lowest BCUT2D eigenvalue weighted by atomic mass is 10.2. The van der Waals surface area contributed by atoms with Crippen LogP contribution in [-0.4, -0.2) is 70.8 Å². The maximum absolute atomic E-state index is 12.7. The van der Waals surface area contributed by atoms with Crippen molar-refractivity contribution in [3.05, 3.63) is 54.1 Å². The second-order valence-electron chi connectivity index (χ2n) is 7.28. The largest absolute Gasteiger partial charge is 0.495 e. The van der Waals surface area contributed by atoms with Crippen LogP contribution in [0.15, 0.2) is 48.5 Å². The maximum atomic E-state index is 12.7. The average molecular weight is 448 g/mol. The highest BCUT2D eigenvalue weighted by atomic mass is 32.2. The molecule has 1 amide bonds. The Morgan fingerprint density at radius 3 is 2.32 bits per heavy atom. The van der Waals surface area contributed by atoms with Crippen LogP contribution in [-0.2, 0) is 14.8 Å². The van der Waals surface area contributed by atoms with E-state index in [1.54, 1.807) is 13.2 Å². The summed E-state index contributed by atoms with van der Waals surface area (Å²) in [6, 6.07) is 15.1. The molecule has 0 spiro atoms. The fraction of sp³-hybridized carbons (Fsp3) is 0.409. The number of aryl methyl sites for hydroxylation is 1. The summed E-state index contributed by atoms with van der Waals surface area (Å²) in [7, 11) is -1.83. The van der Waals surface area contributed by atoms with Gasteiger partial charge in [-0.15, -0.1) is 0 Å². The molecule has 0 unspecified atom stereocenters. The SMILES string of the molecule is COc1ccccc1N1CCN(S(=O)(=O)CCNC(=O)COc2ccccc2C)CC1. The number of hydrogen-bond acceptors (Lipinski definition) is 6. The molecular weight excluding hydrogens is 418 g/mol. The normalized spacial score (nSPS) is 14.8. The van der Waals surface area contributed by atoms with E-state index in [1.165, 1.54) is 4.31 Å². The molecule has 1 heterocycles. The number of nitrogens with one attached hydrogen (secondary N) is 1. The molecule has 8 nitrogen and oxygen atoms in total. The van der Waals surface area contributed by atoms with Gasteiger partial charge in [0.05, 0.1) is 18.6 Å². The molecule has 1 aliphatic rings. The summed E-state index contributed by atoms with van der Waals surface area (Å²) >= 11 is 0. The van der Waals surface area contributed by atoms with E-state index in [4.69, 9.17) is 9.47 Å². The van der Waals surface area contributed by atoms with Gasteiger partial charge in [-0.05, 0) is 30.7 Å². The maximum Gasteiger partial charge on any atom is 0.257 e. The van der Waals surface area contributed by atoms with Crippen molar-refractivity contribution < 1.29 is 22.7 Å². The standard InChI is InChI=1S/C22H29N3O5S/c1-18-7-3-5-9-20(18)30-17-22(26)23-11-16-31(27,28)25-14-12-24(13-15-25)19-8-4-6-10-21(19)29-2/h3-10H,11-17H2,1-2H3,(H,23,26). The van der Waals surface area contributed by atoms with Crippen LogP contribution in [0, 0.1) is 6.92 Å². The summed E-state index contributed by atoms with van der Waals surface area (Å²) in [5.74, 6) is 0.921. The smallest absolute Gasteiger partial charge is 0.257 e. The van der Waals surface area contributed by atoms with Crippen molar-refractivity contribution in [3.8, 4) is 11.5 Å². The minimum absolute atomic E-state index is 0.0466. The molecule has 1 aliphatic heterocycles. The third kappa shape index (κ3) is 6.11. The summed E-state index contributed by atoms with van der Waals surface area (Å²) in [5.41, 5.74) is 1.90. The molecule has 31 heavy (non-hydrogen) atoms. The molecule has 0 bridgehead atoms. The van der Waals surface area contributed by atoms with Gasteiger partial charge in [-0.3, -0.25) is 4.79 Å².